The second-order valence-electron chi connectivity index (χ2n) is 9.59. The Morgan fingerprint density at radius 2 is 1.40 bits per heavy atom. The second kappa shape index (κ2) is 11.9. The molecule has 2 fully saturated rings. The van der Waals surface area contributed by atoms with Crippen LogP contribution in [0.3, 0.4) is 0 Å². The first kappa shape index (κ1) is 25.5. The predicted octanol–water partition coefficient (Wildman–Crippen LogP) is 2.04. The first-order valence-corrected chi connectivity index (χ1v) is 12.5. The molecule has 9 heteroatoms. The molecule has 0 saturated carbocycles. The summed E-state index contributed by atoms with van der Waals surface area (Å²) in [5.41, 5.74) is 2.79. The van der Waals surface area contributed by atoms with Crippen LogP contribution in [-0.4, -0.2) is 125 Å². The van der Waals surface area contributed by atoms with Crippen molar-refractivity contribution in [3.05, 3.63) is 36.7 Å². The van der Waals surface area contributed by atoms with Crippen molar-refractivity contribution < 1.29 is 0 Å². The number of imidazole rings is 1. The highest BCUT2D eigenvalue weighted by molar-refractivity contribution is 5.85. The molecular formula is C26H41N9. The van der Waals surface area contributed by atoms with Crippen LogP contribution >= 0.6 is 0 Å². The molecule has 0 spiro atoms. The minimum atomic E-state index is 0. The lowest BCUT2D eigenvalue weighted by Gasteiger charge is -2.32. The molecule has 2 aliphatic heterocycles. The molecule has 3 aromatic rings. The highest BCUT2D eigenvalue weighted by Gasteiger charge is 2.18. The molecule has 35 heavy (non-hydrogen) atoms. The van der Waals surface area contributed by atoms with Crippen LogP contribution in [-0.2, 0) is 6.54 Å². The van der Waals surface area contributed by atoms with Crippen molar-refractivity contribution in [2.75, 3.05) is 91.4 Å². The average molecular weight is 480 g/mol. The summed E-state index contributed by atoms with van der Waals surface area (Å²) in [7, 11) is 4.39. The Balaban J connectivity index is 0.00000289. The summed E-state index contributed by atoms with van der Waals surface area (Å²) in [6.45, 7) is 12.7. The van der Waals surface area contributed by atoms with Gasteiger partial charge in [-0.15, -0.1) is 0 Å². The molecule has 4 heterocycles. The van der Waals surface area contributed by atoms with E-state index in [9.17, 15) is 0 Å². The van der Waals surface area contributed by atoms with E-state index in [0.717, 1.165) is 107 Å². The molecule has 1 N–H and O–H groups in total. The lowest BCUT2D eigenvalue weighted by Crippen LogP contribution is -2.45. The monoisotopic (exact) mass is 479 g/mol. The molecule has 9 nitrogen and oxygen atoms in total. The number of hydrogen-bond acceptors (Lipinski definition) is 8. The number of fused-ring (bicyclic) bond motifs is 1. The summed E-state index contributed by atoms with van der Waals surface area (Å²) in [4.78, 5) is 24.4. The van der Waals surface area contributed by atoms with Gasteiger partial charge in [0.05, 0.1) is 6.33 Å². The quantitative estimate of drug-likeness (QED) is 0.527. The van der Waals surface area contributed by atoms with Gasteiger partial charge in [0.2, 0.25) is 0 Å². The van der Waals surface area contributed by atoms with Gasteiger partial charge < -0.3 is 19.7 Å². The van der Waals surface area contributed by atoms with Crippen LogP contribution in [0, 0.1) is 0 Å². The van der Waals surface area contributed by atoms with Gasteiger partial charge in [0.1, 0.15) is 5.52 Å². The minimum absolute atomic E-state index is 0. The van der Waals surface area contributed by atoms with Crippen molar-refractivity contribution >= 4 is 17.0 Å². The molecule has 0 amide bonds. The molecule has 0 atom stereocenters. The maximum absolute atomic E-state index is 4.95. The molecule has 0 unspecified atom stereocenters. The third-order valence-electron chi connectivity index (χ3n) is 7.07. The van der Waals surface area contributed by atoms with Crippen molar-refractivity contribution in [2.24, 2.45) is 0 Å². The smallest absolute Gasteiger partial charge is 0.166 e. The van der Waals surface area contributed by atoms with Crippen molar-refractivity contribution in [3.8, 4) is 11.4 Å². The largest absolute Gasteiger partial charge is 0.367 e. The van der Waals surface area contributed by atoms with E-state index >= 15 is 0 Å². The van der Waals surface area contributed by atoms with Gasteiger partial charge >= 0.3 is 0 Å². The van der Waals surface area contributed by atoms with Crippen molar-refractivity contribution in [3.63, 3.8) is 0 Å². The van der Waals surface area contributed by atoms with Crippen LogP contribution in [0.2, 0.25) is 0 Å². The van der Waals surface area contributed by atoms with Crippen LogP contribution < -0.4 is 5.32 Å². The predicted molar refractivity (Wildman–Crippen MR) is 144 cm³/mol. The lowest BCUT2D eigenvalue weighted by atomic mass is 10.2. The van der Waals surface area contributed by atoms with E-state index in [2.05, 4.69) is 55.7 Å². The van der Waals surface area contributed by atoms with Crippen molar-refractivity contribution in [1.29, 1.82) is 0 Å². The van der Waals surface area contributed by atoms with Gasteiger partial charge in [-0.25, -0.2) is 15.0 Å². The maximum Gasteiger partial charge on any atom is 0.166 e. The topological polar surface area (TPSA) is 68.6 Å². The van der Waals surface area contributed by atoms with E-state index in [1.165, 1.54) is 0 Å². The average Bonchev–Trinajstić information content (AvgIpc) is 3.28. The fraction of sp³-hybridized carbons (Fsp3) is 0.577. The molecule has 0 aliphatic carbocycles. The number of benzene rings is 1. The van der Waals surface area contributed by atoms with Gasteiger partial charge in [-0.3, -0.25) is 9.80 Å². The number of aromatic nitrogens is 4. The van der Waals surface area contributed by atoms with Crippen LogP contribution in [0.5, 0.6) is 0 Å². The summed E-state index contributed by atoms with van der Waals surface area (Å²) >= 11 is 0. The van der Waals surface area contributed by atoms with E-state index < -0.39 is 0 Å². The lowest BCUT2D eigenvalue weighted by molar-refractivity contribution is 0.150. The zero-order valence-electron chi connectivity index (χ0n) is 20.5. The molecule has 1 aromatic carbocycles. The number of nitrogens with zero attached hydrogens (tertiary/aromatic N) is 8. The van der Waals surface area contributed by atoms with Crippen LogP contribution in [0.4, 0.5) is 5.82 Å². The third-order valence-corrected chi connectivity index (χ3v) is 7.07. The van der Waals surface area contributed by atoms with Gasteiger partial charge in [-0.05, 0) is 14.1 Å². The van der Waals surface area contributed by atoms with E-state index in [1.807, 2.05) is 24.5 Å². The molecule has 190 valence electrons. The van der Waals surface area contributed by atoms with E-state index in [4.69, 9.17) is 15.0 Å². The molecular weight excluding hydrogens is 438 g/mol. The zero-order valence-corrected chi connectivity index (χ0v) is 20.5. The Hall–Kier alpha value is -2.59. The van der Waals surface area contributed by atoms with Crippen LogP contribution in [0.15, 0.2) is 36.7 Å². The third kappa shape index (κ3) is 6.35. The number of likely N-dealkylation sites (N-methyl/N-ethyl adjacent to an activating group) is 2. The van der Waals surface area contributed by atoms with Crippen molar-refractivity contribution in [2.45, 2.75) is 14.0 Å². The first-order chi connectivity index (χ1) is 16.7. The molecule has 2 aliphatic rings. The van der Waals surface area contributed by atoms with Gasteiger partial charge in [0, 0.05) is 84.1 Å². The summed E-state index contributed by atoms with van der Waals surface area (Å²) in [6.07, 6.45) is 1.93. The Morgan fingerprint density at radius 1 is 0.771 bits per heavy atom. The molecule has 0 bridgehead atoms. The summed E-state index contributed by atoms with van der Waals surface area (Å²) in [5, 5.41) is 3.58. The van der Waals surface area contributed by atoms with Crippen LogP contribution in [0.25, 0.3) is 22.6 Å². The molecule has 5 rings (SSSR count). The fourth-order valence-corrected chi connectivity index (χ4v) is 4.67. The van der Waals surface area contributed by atoms with Crippen molar-refractivity contribution in [1.82, 2.24) is 39.1 Å². The highest BCUT2D eigenvalue weighted by Crippen LogP contribution is 2.24. The van der Waals surface area contributed by atoms with E-state index in [0.29, 0.717) is 0 Å². The Morgan fingerprint density at radius 3 is 2.06 bits per heavy atom. The molecule has 0 radical (unpaired) electrons. The first-order valence-electron chi connectivity index (χ1n) is 12.5. The number of anilines is 1. The number of rotatable bonds is 8. The Bertz CT molecular complexity index is 1050. The normalized spacial score (nSPS) is 18.6. The summed E-state index contributed by atoms with van der Waals surface area (Å²) in [6, 6.07) is 10.2. The van der Waals surface area contributed by atoms with E-state index in [-0.39, 0.29) is 7.43 Å². The maximum atomic E-state index is 4.95. The highest BCUT2D eigenvalue weighted by atomic mass is 15.3. The number of piperazine rings is 2. The Kier molecular flexibility index (Phi) is 8.67. The van der Waals surface area contributed by atoms with Gasteiger partial charge in [-0.1, -0.05) is 37.8 Å². The number of hydrogen-bond donors (Lipinski definition) is 1. The standard InChI is InChI=1S/C25H37N9.CH4/c1-30-10-14-32(15-11-30)9-8-26-24-22-25(29-23(28-24)21-6-4-3-5-7-21)34(20-27-22)19-18-33-16-12-31(2)13-17-33;/h3-7,20H,8-19H2,1-2H3,(H,26,28,29);1H4. The summed E-state index contributed by atoms with van der Waals surface area (Å²) in [5.74, 6) is 1.58. The van der Waals surface area contributed by atoms with Gasteiger partial charge in [0.15, 0.2) is 17.3 Å². The van der Waals surface area contributed by atoms with E-state index in [1.54, 1.807) is 0 Å². The summed E-state index contributed by atoms with van der Waals surface area (Å²) < 4.78 is 2.19. The zero-order chi connectivity index (χ0) is 23.3. The van der Waals surface area contributed by atoms with Gasteiger partial charge in [0.25, 0.3) is 0 Å². The number of nitrogens with one attached hydrogen (secondary N) is 1. The Labute approximate surface area is 209 Å². The second-order valence-corrected chi connectivity index (χ2v) is 9.59. The minimum Gasteiger partial charge on any atom is -0.367 e. The molecule has 2 saturated heterocycles. The molecule has 2 aromatic heterocycles. The van der Waals surface area contributed by atoms with Gasteiger partial charge in [-0.2, -0.15) is 0 Å². The SMILES string of the molecule is C.CN1CCN(CCNc2nc(-c3ccccc3)nc3c2ncn3CCN2CCN(C)CC2)CC1. The van der Waals surface area contributed by atoms with Crippen LogP contribution in [0.1, 0.15) is 7.43 Å². The fourth-order valence-electron chi connectivity index (χ4n) is 4.67.